The quantitative estimate of drug-likeness (QED) is 0.266. The zero-order chi connectivity index (χ0) is 28.1. The minimum absolute atomic E-state index is 0.0469. The van der Waals surface area contributed by atoms with Crippen LogP contribution in [0.15, 0.2) is 77.8 Å². The lowest BCUT2D eigenvalue weighted by Gasteiger charge is -2.09. The summed E-state index contributed by atoms with van der Waals surface area (Å²) in [4.78, 5) is 39.7. The van der Waals surface area contributed by atoms with E-state index in [1.807, 2.05) is 22.9 Å². The molecule has 0 fully saturated rings. The number of rotatable bonds is 13. The van der Waals surface area contributed by atoms with Crippen LogP contribution in [0.2, 0.25) is 0 Å². The molecule has 0 aliphatic heterocycles. The Kier molecular flexibility index (Phi) is 10.8. The molecule has 39 heavy (non-hydrogen) atoms. The number of carbonyl (C=O) groups excluding carboxylic acids is 3. The van der Waals surface area contributed by atoms with E-state index in [0.717, 1.165) is 11.8 Å². The summed E-state index contributed by atoms with van der Waals surface area (Å²) in [5.74, 6) is -0.652. The molecule has 2 aromatic carbocycles. The van der Waals surface area contributed by atoms with Crippen LogP contribution in [0.4, 0.5) is 4.79 Å². The van der Waals surface area contributed by atoms with Gasteiger partial charge in [-0.05, 0) is 42.3 Å². The average Bonchev–Trinajstić information content (AvgIpc) is 2.93. The second-order valence-electron chi connectivity index (χ2n) is 7.97. The van der Waals surface area contributed by atoms with E-state index in [4.69, 9.17) is 14.2 Å². The van der Waals surface area contributed by atoms with E-state index in [0.29, 0.717) is 25.3 Å². The summed E-state index contributed by atoms with van der Waals surface area (Å²) in [5.41, 5.74) is 0.741. The standard InChI is InChI=1S/C26H28N4O8S/c1-36-16-15-28-26(33)38-24-12-9-20(17-29-24)25(32)30-39(34,35)22-10-7-19(8-11-22)13-14-27-23(31)18-37-21-5-3-2-4-6-21/h2-12,17H,13-16,18H2,1H3,(H,27,31)(H,28,33)(H,30,32). The Hall–Kier alpha value is -4.49. The third-order valence-corrected chi connectivity index (χ3v) is 6.43. The fraction of sp³-hybridized carbons (Fsp3) is 0.231. The number of nitrogens with zero attached hydrogens (tertiary/aromatic N) is 1. The predicted octanol–water partition coefficient (Wildman–Crippen LogP) is 1.67. The normalized spacial score (nSPS) is 10.8. The summed E-state index contributed by atoms with van der Waals surface area (Å²) >= 11 is 0. The zero-order valence-electron chi connectivity index (χ0n) is 21.1. The molecule has 0 spiro atoms. The Balaban J connectivity index is 1.45. The highest BCUT2D eigenvalue weighted by atomic mass is 32.2. The lowest BCUT2D eigenvalue weighted by Crippen LogP contribution is -2.31. The number of hydrogen-bond acceptors (Lipinski definition) is 9. The summed E-state index contributed by atoms with van der Waals surface area (Å²) in [6.07, 6.45) is 0.807. The van der Waals surface area contributed by atoms with Crippen molar-refractivity contribution in [2.24, 2.45) is 0 Å². The van der Waals surface area contributed by atoms with E-state index in [1.165, 1.54) is 31.4 Å². The fourth-order valence-electron chi connectivity index (χ4n) is 3.10. The molecule has 206 valence electrons. The smallest absolute Gasteiger partial charge is 0.414 e. The first-order chi connectivity index (χ1) is 18.8. The van der Waals surface area contributed by atoms with Gasteiger partial charge in [0.25, 0.3) is 21.8 Å². The highest BCUT2D eigenvalue weighted by Crippen LogP contribution is 2.13. The number of carbonyl (C=O) groups is 3. The van der Waals surface area contributed by atoms with Crippen LogP contribution in [0.3, 0.4) is 0 Å². The monoisotopic (exact) mass is 556 g/mol. The number of aromatic nitrogens is 1. The minimum Gasteiger partial charge on any atom is -0.484 e. The van der Waals surface area contributed by atoms with Crippen LogP contribution in [0.1, 0.15) is 15.9 Å². The number of ether oxygens (including phenoxy) is 3. The Morgan fingerprint density at radius 1 is 0.897 bits per heavy atom. The van der Waals surface area contributed by atoms with Crippen molar-refractivity contribution in [3.63, 3.8) is 0 Å². The van der Waals surface area contributed by atoms with Crippen molar-refractivity contribution in [1.29, 1.82) is 0 Å². The van der Waals surface area contributed by atoms with Crippen molar-refractivity contribution in [3.05, 3.63) is 84.1 Å². The van der Waals surface area contributed by atoms with E-state index in [9.17, 15) is 22.8 Å². The maximum Gasteiger partial charge on any atom is 0.414 e. The van der Waals surface area contributed by atoms with Gasteiger partial charge in [0.2, 0.25) is 5.88 Å². The van der Waals surface area contributed by atoms with Crippen molar-refractivity contribution in [2.45, 2.75) is 11.3 Å². The lowest BCUT2D eigenvalue weighted by atomic mass is 10.1. The van der Waals surface area contributed by atoms with Crippen molar-refractivity contribution in [1.82, 2.24) is 20.3 Å². The number of para-hydroxylation sites is 1. The molecular weight excluding hydrogens is 528 g/mol. The number of benzene rings is 2. The second kappa shape index (κ2) is 14.4. The molecule has 0 aliphatic carbocycles. The van der Waals surface area contributed by atoms with E-state index >= 15 is 0 Å². The van der Waals surface area contributed by atoms with Crippen molar-refractivity contribution in [2.75, 3.05) is 33.4 Å². The van der Waals surface area contributed by atoms with Crippen LogP contribution in [-0.2, 0) is 26.0 Å². The topological polar surface area (TPSA) is 162 Å². The van der Waals surface area contributed by atoms with Crippen LogP contribution < -0.4 is 24.8 Å². The molecule has 0 bridgehead atoms. The van der Waals surface area contributed by atoms with Gasteiger partial charge in [-0.3, -0.25) is 9.59 Å². The van der Waals surface area contributed by atoms with Gasteiger partial charge in [-0.1, -0.05) is 30.3 Å². The van der Waals surface area contributed by atoms with Gasteiger partial charge in [-0.25, -0.2) is 22.9 Å². The number of methoxy groups -OCH3 is 1. The first-order valence-corrected chi connectivity index (χ1v) is 13.3. The average molecular weight is 557 g/mol. The third kappa shape index (κ3) is 9.72. The molecule has 0 atom stereocenters. The highest BCUT2D eigenvalue weighted by Gasteiger charge is 2.19. The van der Waals surface area contributed by atoms with E-state index in [2.05, 4.69) is 15.6 Å². The highest BCUT2D eigenvalue weighted by molar-refractivity contribution is 7.90. The number of hydrogen-bond donors (Lipinski definition) is 3. The number of nitrogens with one attached hydrogen (secondary N) is 3. The van der Waals surface area contributed by atoms with Gasteiger partial charge in [0.1, 0.15) is 5.75 Å². The van der Waals surface area contributed by atoms with Crippen LogP contribution in [-0.4, -0.2) is 64.7 Å². The molecule has 0 saturated carbocycles. The van der Waals surface area contributed by atoms with E-state index in [-0.39, 0.29) is 35.4 Å². The molecule has 0 saturated heterocycles. The van der Waals surface area contributed by atoms with Crippen LogP contribution in [0, 0.1) is 0 Å². The number of pyridine rings is 1. The predicted molar refractivity (Wildman–Crippen MR) is 140 cm³/mol. The summed E-state index contributed by atoms with van der Waals surface area (Å²) < 4.78 is 42.4. The Bertz CT molecular complexity index is 1350. The summed E-state index contributed by atoms with van der Waals surface area (Å²) in [7, 11) is -2.67. The van der Waals surface area contributed by atoms with Crippen LogP contribution in [0.25, 0.3) is 0 Å². The Morgan fingerprint density at radius 3 is 2.31 bits per heavy atom. The molecule has 3 N–H and O–H groups in total. The summed E-state index contributed by atoms with van der Waals surface area (Å²) in [6.45, 7) is 0.774. The first-order valence-electron chi connectivity index (χ1n) is 11.8. The molecule has 1 aromatic heterocycles. The zero-order valence-corrected chi connectivity index (χ0v) is 21.9. The molecule has 13 heteroatoms. The molecule has 0 aliphatic rings. The van der Waals surface area contributed by atoms with Gasteiger partial charge >= 0.3 is 6.09 Å². The molecule has 0 unspecified atom stereocenters. The minimum atomic E-state index is -4.15. The van der Waals surface area contributed by atoms with Gasteiger partial charge in [-0.15, -0.1) is 0 Å². The largest absolute Gasteiger partial charge is 0.484 e. The van der Waals surface area contributed by atoms with Crippen molar-refractivity contribution in [3.8, 4) is 11.6 Å². The van der Waals surface area contributed by atoms with Crippen molar-refractivity contribution < 1.29 is 37.0 Å². The van der Waals surface area contributed by atoms with Crippen LogP contribution >= 0.6 is 0 Å². The van der Waals surface area contributed by atoms with Gasteiger partial charge < -0.3 is 24.8 Å². The first kappa shape index (κ1) is 29.1. The molecule has 3 aromatic rings. The van der Waals surface area contributed by atoms with E-state index in [1.54, 1.807) is 24.3 Å². The van der Waals surface area contributed by atoms with E-state index < -0.39 is 22.0 Å². The maximum atomic E-state index is 12.6. The van der Waals surface area contributed by atoms with Gasteiger partial charge in [0, 0.05) is 32.5 Å². The molecular formula is C26H28N4O8S. The molecule has 3 amide bonds. The fourth-order valence-corrected chi connectivity index (χ4v) is 4.07. The molecule has 3 rings (SSSR count). The van der Waals surface area contributed by atoms with Crippen LogP contribution in [0.5, 0.6) is 11.6 Å². The molecule has 12 nitrogen and oxygen atoms in total. The Morgan fingerprint density at radius 2 is 1.64 bits per heavy atom. The Labute approximate surface area is 225 Å². The van der Waals surface area contributed by atoms with Gasteiger partial charge in [0.05, 0.1) is 17.1 Å². The summed E-state index contributed by atoms with van der Waals surface area (Å²) in [6, 6.07) is 17.4. The number of amides is 3. The second-order valence-corrected chi connectivity index (χ2v) is 9.66. The molecule has 1 heterocycles. The SMILES string of the molecule is COCCNC(=O)Oc1ccc(C(=O)NS(=O)(=O)c2ccc(CCNC(=O)COc3ccccc3)cc2)cn1. The van der Waals surface area contributed by atoms with Gasteiger partial charge in [-0.2, -0.15) is 0 Å². The summed E-state index contributed by atoms with van der Waals surface area (Å²) in [5, 5.41) is 5.18. The van der Waals surface area contributed by atoms with Gasteiger partial charge in [0.15, 0.2) is 6.61 Å². The molecule has 0 radical (unpaired) electrons. The lowest BCUT2D eigenvalue weighted by molar-refractivity contribution is -0.123. The maximum absolute atomic E-state index is 12.6. The van der Waals surface area contributed by atoms with Crippen molar-refractivity contribution >= 4 is 27.9 Å². The third-order valence-electron chi connectivity index (χ3n) is 5.08. The number of sulfonamides is 1.